The number of hydrogen-bond acceptors (Lipinski definition) is 3. The Balaban J connectivity index is 2.65. The Hall–Kier alpha value is -0.460. The van der Waals surface area contributed by atoms with Gasteiger partial charge in [0.1, 0.15) is 4.75 Å². The first-order valence-corrected chi connectivity index (χ1v) is 4.97. The molecule has 0 saturated carbocycles. The third-order valence-corrected chi connectivity index (χ3v) is 3.26. The smallest absolute Gasteiger partial charge is 0.102 e. The molecule has 0 aliphatic rings. The summed E-state index contributed by atoms with van der Waals surface area (Å²) in [5.74, 6) is 0. The van der Waals surface area contributed by atoms with Crippen molar-refractivity contribution in [1.29, 1.82) is 5.26 Å². The van der Waals surface area contributed by atoms with Gasteiger partial charge >= 0.3 is 0 Å². The Labute approximate surface area is 75.0 Å². The van der Waals surface area contributed by atoms with E-state index in [4.69, 9.17) is 5.26 Å². The molecule has 1 rings (SSSR count). The van der Waals surface area contributed by atoms with E-state index in [1.54, 1.807) is 23.1 Å². The summed E-state index contributed by atoms with van der Waals surface area (Å²) in [7, 11) is 0. The molecule has 0 fully saturated rings. The molecule has 0 saturated heterocycles. The largest absolute Gasteiger partial charge is 0.197 e. The van der Waals surface area contributed by atoms with Crippen LogP contribution in [0.1, 0.15) is 13.8 Å². The summed E-state index contributed by atoms with van der Waals surface area (Å²) in [6.07, 6.45) is 0. The van der Waals surface area contributed by atoms with Gasteiger partial charge in [-0.25, -0.2) is 0 Å². The van der Waals surface area contributed by atoms with Crippen LogP contribution in [-0.4, -0.2) is 4.75 Å². The highest BCUT2D eigenvalue weighted by Crippen LogP contribution is 2.34. The van der Waals surface area contributed by atoms with Gasteiger partial charge < -0.3 is 0 Å². The van der Waals surface area contributed by atoms with E-state index in [2.05, 4.69) is 6.07 Å². The van der Waals surface area contributed by atoms with Gasteiger partial charge in [-0.3, -0.25) is 0 Å². The maximum Gasteiger partial charge on any atom is 0.102 e. The first-order valence-electron chi connectivity index (χ1n) is 3.28. The van der Waals surface area contributed by atoms with Crippen LogP contribution >= 0.6 is 23.1 Å². The van der Waals surface area contributed by atoms with Crippen molar-refractivity contribution in [1.82, 2.24) is 0 Å². The highest BCUT2D eigenvalue weighted by Gasteiger charge is 2.18. The molecule has 1 nitrogen and oxygen atoms in total. The average Bonchev–Trinajstić information content (AvgIpc) is 2.39. The molecule has 11 heavy (non-hydrogen) atoms. The molecule has 0 bridgehead atoms. The summed E-state index contributed by atoms with van der Waals surface area (Å²) < 4.78 is 0.904. The molecular formula is C8H9NS2. The van der Waals surface area contributed by atoms with E-state index in [9.17, 15) is 0 Å². The second-order valence-electron chi connectivity index (χ2n) is 2.66. The molecule has 0 aliphatic heterocycles. The van der Waals surface area contributed by atoms with E-state index in [0.717, 1.165) is 0 Å². The van der Waals surface area contributed by atoms with Crippen molar-refractivity contribution < 1.29 is 0 Å². The fourth-order valence-electron chi connectivity index (χ4n) is 0.596. The van der Waals surface area contributed by atoms with Crippen molar-refractivity contribution in [3.05, 3.63) is 17.5 Å². The van der Waals surface area contributed by atoms with Gasteiger partial charge in [-0.2, -0.15) is 5.26 Å². The lowest BCUT2D eigenvalue weighted by molar-refractivity contribution is 0.915. The molecule has 1 aromatic rings. The van der Waals surface area contributed by atoms with Crippen LogP contribution in [-0.2, 0) is 0 Å². The van der Waals surface area contributed by atoms with Crippen molar-refractivity contribution >= 4 is 23.1 Å². The van der Waals surface area contributed by atoms with Crippen LogP contribution in [0.4, 0.5) is 0 Å². The van der Waals surface area contributed by atoms with Crippen LogP contribution in [0.25, 0.3) is 0 Å². The van der Waals surface area contributed by atoms with Gasteiger partial charge in [-0.1, -0.05) is 17.8 Å². The summed E-state index contributed by atoms with van der Waals surface area (Å²) in [5.41, 5.74) is 0. The van der Waals surface area contributed by atoms with Crippen LogP contribution in [0.3, 0.4) is 0 Å². The molecule has 1 heterocycles. The normalized spacial score (nSPS) is 11.0. The van der Waals surface area contributed by atoms with E-state index in [1.807, 2.05) is 31.4 Å². The summed E-state index contributed by atoms with van der Waals surface area (Å²) in [4.78, 5) is 0. The number of thioether (sulfide) groups is 1. The van der Waals surface area contributed by atoms with E-state index < -0.39 is 0 Å². The summed E-state index contributed by atoms with van der Waals surface area (Å²) in [5, 5.41) is 10.8. The Bertz CT molecular complexity index is 256. The molecule has 3 heteroatoms. The Kier molecular flexibility index (Phi) is 2.58. The maximum atomic E-state index is 8.73. The number of thiophene rings is 1. The van der Waals surface area contributed by atoms with Gasteiger partial charge in [-0.15, -0.1) is 11.3 Å². The number of rotatable bonds is 2. The first kappa shape index (κ1) is 8.63. The van der Waals surface area contributed by atoms with Crippen molar-refractivity contribution in [3.63, 3.8) is 0 Å². The third-order valence-electron chi connectivity index (χ3n) is 1.12. The van der Waals surface area contributed by atoms with E-state index in [1.165, 1.54) is 4.21 Å². The zero-order valence-corrected chi connectivity index (χ0v) is 8.13. The lowest BCUT2D eigenvalue weighted by Gasteiger charge is -2.11. The Morgan fingerprint density at radius 3 is 2.82 bits per heavy atom. The van der Waals surface area contributed by atoms with Crippen LogP contribution in [0.2, 0.25) is 0 Å². The topological polar surface area (TPSA) is 23.8 Å². The van der Waals surface area contributed by atoms with Crippen molar-refractivity contribution in [2.24, 2.45) is 0 Å². The fraction of sp³-hybridized carbons (Fsp3) is 0.375. The lowest BCUT2D eigenvalue weighted by atomic mass is 10.2. The number of nitriles is 1. The lowest BCUT2D eigenvalue weighted by Crippen LogP contribution is -2.09. The number of nitrogens with zero attached hydrogens (tertiary/aromatic N) is 1. The van der Waals surface area contributed by atoms with Crippen LogP contribution in [0.5, 0.6) is 0 Å². The Morgan fingerprint density at radius 1 is 1.64 bits per heavy atom. The monoisotopic (exact) mass is 183 g/mol. The molecule has 0 N–H and O–H groups in total. The van der Waals surface area contributed by atoms with Crippen LogP contribution in [0, 0.1) is 11.3 Å². The molecule has 0 radical (unpaired) electrons. The molecule has 0 aliphatic carbocycles. The molecule has 58 valence electrons. The van der Waals surface area contributed by atoms with E-state index in [-0.39, 0.29) is 4.75 Å². The van der Waals surface area contributed by atoms with Crippen molar-refractivity contribution in [2.45, 2.75) is 22.8 Å². The quantitative estimate of drug-likeness (QED) is 0.658. The van der Waals surface area contributed by atoms with E-state index >= 15 is 0 Å². The average molecular weight is 183 g/mol. The molecule has 0 atom stereocenters. The SMILES string of the molecule is CC(C)(C#N)Sc1cccs1. The Morgan fingerprint density at radius 2 is 2.36 bits per heavy atom. The van der Waals surface area contributed by atoms with Gasteiger partial charge in [0.2, 0.25) is 0 Å². The molecular weight excluding hydrogens is 174 g/mol. The predicted octanol–water partition coefficient (Wildman–Crippen LogP) is 3.14. The molecule has 0 amide bonds. The molecule has 1 aromatic heterocycles. The second kappa shape index (κ2) is 3.29. The van der Waals surface area contributed by atoms with Gasteiger partial charge in [0, 0.05) is 0 Å². The van der Waals surface area contributed by atoms with Gasteiger partial charge in [0.15, 0.2) is 0 Å². The minimum absolute atomic E-state index is 0.301. The minimum atomic E-state index is -0.301. The van der Waals surface area contributed by atoms with Crippen molar-refractivity contribution in [2.75, 3.05) is 0 Å². The van der Waals surface area contributed by atoms with Crippen LogP contribution < -0.4 is 0 Å². The zero-order valence-electron chi connectivity index (χ0n) is 6.50. The van der Waals surface area contributed by atoms with Gasteiger partial charge in [0.25, 0.3) is 0 Å². The standard InChI is InChI=1S/C8H9NS2/c1-8(2,6-9)11-7-4-3-5-10-7/h3-5H,1-2H3. The third kappa shape index (κ3) is 2.57. The summed E-state index contributed by atoms with van der Waals surface area (Å²) in [6, 6.07) is 6.29. The summed E-state index contributed by atoms with van der Waals surface area (Å²) in [6.45, 7) is 3.86. The van der Waals surface area contributed by atoms with Crippen molar-refractivity contribution in [3.8, 4) is 6.07 Å². The molecule has 0 spiro atoms. The minimum Gasteiger partial charge on any atom is -0.197 e. The number of hydrogen-bond donors (Lipinski definition) is 0. The van der Waals surface area contributed by atoms with Gasteiger partial charge in [0.05, 0.1) is 10.3 Å². The zero-order chi connectivity index (χ0) is 8.32. The highest BCUT2D eigenvalue weighted by molar-refractivity contribution is 8.02. The molecule has 0 unspecified atom stereocenters. The van der Waals surface area contributed by atoms with Crippen LogP contribution in [0.15, 0.2) is 21.7 Å². The van der Waals surface area contributed by atoms with E-state index in [0.29, 0.717) is 0 Å². The predicted molar refractivity (Wildman–Crippen MR) is 49.9 cm³/mol. The van der Waals surface area contributed by atoms with Gasteiger partial charge in [-0.05, 0) is 25.3 Å². The second-order valence-corrected chi connectivity index (χ2v) is 5.53. The fourth-order valence-corrected chi connectivity index (χ4v) is 2.72. The highest BCUT2D eigenvalue weighted by atomic mass is 32.2. The maximum absolute atomic E-state index is 8.73. The molecule has 0 aromatic carbocycles. The summed E-state index contributed by atoms with van der Waals surface area (Å²) >= 11 is 3.29. The first-order chi connectivity index (χ1) is 5.14.